The van der Waals surface area contributed by atoms with Crippen LogP contribution in [0.15, 0.2) is 42.6 Å². The molecule has 1 aliphatic rings. The van der Waals surface area contributed by atoms with Crippen LogP contribution in [-0.2, 0) is 9.53 Å². The molecule has 2 aromatic heterocycles. The molecule has 0 amide bonds. The summed E-state index contributed by atoms with van der Waals surface area (Å²) in [7, 11) is 1.63. The van der Waals surface area contributed by atoms with E-state index in [-0.39, 0.29) is 11.9 Å². The number of methoxy groups -OCH3 is 1. The molecule has 0 N–H and O–H groups in total. The summed E-state index contributed by atoms with van der Waals surface area (Å²) < 4.78 is 10.7. The van der Waals surface area contributed by atoms with Crippen LogP contribution in [0.25, 0.3) is 22.2 Å². The molecule has 1 aromatic carbocycles. The molecule has 0 bridgehead atoms. The number of ether oxygens (including phenoxy) is 2. The van der Waals surface area contributed by atoms with Gasteiger partial charge in [0.1, 0.15) is 17.3 Å². The monoisotopic (exact) mass is 425 g/mol. The number of aromatic nitrogens is 2. The van der Waals surface area contributed by atoms with E-state index in [9.17, 15) is 4.79 Å². The lowest BCUT2D eigenvalue weighted by Crippen LogP contribution is -2.37. The van der Waals surface area contributed by atoms with Gasteiger partial charge in [0, 0.05) is 35.3 Å². The molecule has 156 valence electrons. The van der Waals surface area contributed by atoms with E-state index in [4.69, 9.17) is 26.1 Å². The predicted octanol–water partition coefficient (Wildman–Crippen LogP) is 4.74. The Morgan fingerprint density at radius 1 is 1.23 bits per heavy atom. The Morgan fingerprint density at radius 3 is 2.77 bits per heavy atom. The molecule has 7 heteroatoms. The quantitative estimate of drug-likeness (QED) is 0.550. The van der Waals surface area contributed by atoms with Crippen molar-refractivity contribution in [1.82, 2.24) is 9.97 Å². The van der Waals surface area contributed by atoms with Crippen LogP contribution < -0.4 is 9.64 Å². The van der Waals surface area contributed by atoms with Crippen molar-refractivity contribution >= 4 is 34.3 Å². The van der Waals surface area contributed by atoms with E-state index >= 15 is 0 Å². The molecule has 3 aromatic rings. The molecule has 0 unspecified atom stereocenters. The molecule has 0 atom stereocenters. The predicted molar refractivity (Wildman–Crippen MR) is 118 cm³/mol. The van der Waals surface area contributed by atoms with Crippen molar-refractivity contribution in [3.63, 3.8) is 0 Å². The number of carbonyl (C=O) groups is 1. The Kier molecular flexibility index (Phi) is 6.04. The van der Waals surface area contributed by atoms with Crippen LogP contribution in [0.4, 0.5) is 5.82 Å². The number of esters is 1. The third-order valence-corrected chi connectivity index (χ3v) is 5.66. The van der Waals surface area contributed by atoms with E-state index < -0.39 is 0 Å². The molecular formula is C23H24ClN3O3. The number of nitrogens with zero attached hydrogens (tertiary/aromatic N) is 3. The SMILES string of the molecule is CCOC(=O)C1CCN(c2cc3cccnc3c(-c3cc(Cl)ccc3OC)n2)CC1. The second kappa shape index (κ2) is 8.88. The normalized spacial score (nSPS) is 14.7. The summed E-state index contributed by atoms with van der Waals surface area (Å²) in [6.45, 7) is 3.75. The summed E-state index contributed by atoms with van der Waals surface area (Å²) in [6.07, 6.45) is 3.26. The average molecular weight is 426 g/mol. The number of fused-ring (bicyclic) bond motifs is 1. The van der Waals surface area contributed by atoms with Crippen molar-refractivity contribution in [2.75, 3.05) is 31.7 Å². The molecule has 1 aliphatic heterocycles. The van der Waals surface area contributed by atoms with E-state index in [1.54, 1.807) is 19.4 Å². The van der Waals surface area contributed by atoms with Crippen molar-refractivity contribution in [2.24, 2.45) is 5.92 Å². The van der Waals surface area contributed by atoms with Crippen LogP contribution in [0.1, 0.15) is 19.8 Å². The molecule has 0 aliphatic carbocycles. The zero-order valence-corrected chi connectivity index (χ0v) is 17.9. The Bertz CT molecular complexity index is 1060. The minimum absolute atomic E-state index is 0.0455. The minimum Gasteiger partial charge on any atom is -0.496 e. The maximum atomic E-state index is 12.1. The summed E-state index contributed by atoms with van der Waals surface area (Å²) in [4.78, 5) is 23.8. The molecule has 0 radical (unpaired) electrons. The zero-order valence-electron chi connectivity index (χ0n) is 17.1. The summed E-state index contributed by atoms with van der Waals surface area (Å²) in [5.74, 6) is 1.40. The van der Waals surface area contributed by atoms with Crippen LogP contribution in [0.3, 0.4) is 0 Å². The van der Waals surface area contributed by atoms with Gasteiger partial charge in [-0.3, -0.25) is 9.78 Å². The van der Waals surface area contributed by atoms with E-state index in [2.05, 4.69) is 9.88 Å². The van der Waals surface area contributed by atoms with Gasteiger partial charge >= 0.3 is 5.97 Å². The largest absolute Gasteiger partial charge is 0.496 e. The van der Waals surface area contributed by atoms with Crippen molar-refractivity contribution < 1.29 is 14.3 Å². The smallest absolute Gasteiger partial charge is 0.309 e. The number of piperidine rings is 1. The lowest BCUT2D eigenvalue weighted by molar-refractivity contribution is -0.148. The van der Waals surface area contributed by atoms with E-state index in [1.807, 2.05) is 37.3 Å². The van der Waals surface area contributed by atoms with Gasteiger partial charge in [0.2, 0.25) is 0 Å². The lowest BCUT2D eigenvalue weighted by atomic mass is 9.97. The van der Waals surface area contributed by atoms with Gasteiger partial charge in [-0.05, 0) is 50.1 Å². The number of anilines is 1. The standard InChI is InChI=1S/C23H24ClN3O3/c1-3-30-23(28)15-8-11-27(12-9-15)20-13-16-5-4-10-25-21(16)22(26-20)18-14-17(24)6-7-19(18)29-2/h4-7,10,13-15H,3,8-9,11-12H2,1-2H3. The van der Waals surface area contributed by atoms with Gasteiger partial charge in [-0.15, -0.1) is 0 Å². The van der Waals surface area contributed by atoms with Crippen molar-refractivity contribution in [3.05, 3.63) is 47.6 Å². The zero-order chi connectivity index (χ0) is 21.1. The number of carbonyl (C=O) groups excluding carboxylic acids is 1. The molecule has 0 saturated carbocycles. The van der Waals surface area contributed by atoms with Gasteiger partial charge in [-0.25, -0.2) is 4.98 Å². The Balaban J connectivity index is 1.72. The lowest BCUT2D eigenvalue weighted by Gasteiger charge is -2.32. The van der Waals surface area contributed by atoms with Crippen LogP contribution in [0, 0.1) is 5.92 Å². The van der Waals surface area contributed by atoms with Gasteiger partial charge < -0.3 is 14.4 Å². The Morgan fingerprint density at radius 2 is 2.03 bits per heavy atom. The summed E-state index contributed by atoms with van der Waals surface area (Å²) in [5, 5.41) is 1.60. The summed E-state index contributed by atoms with van der Waals surface area (Å²) in [6, 6.07) is 11.5. The Labute approximate surface area is 180 Å². The van der Waals surface area contributed by atoms with E-state index in [0.717, 1.165) is 53.9 Å². The number of hydrogen-bond donors (Lipinski definition) is 0. The highest BCUT2D eigenvalue weighted by Crippen LogP contribution is 2.37. The van der Waals surface area contributed by atoms with Crippen molar-refractivity contribution in [1.29, 1.82) is 0 Å². The van der Waals surface area contributed by atoms with Gasteiger partial charge in [-0.1, -0.05) is 17.7 Å². The first-order valence-electron chi connectivity index (χ1n) is 10.1. The molecule has 4 rings (SSSR count). The highest BCUT2D eigenvalue weighted by atomic mass is 35.5. The maximum Gasteiger partial charge on any atom is 0.309 e. The topological polar surface area (TPSA) is 64.5 Å². The molecular weight excluding hydrogens is 402 g/mol. The first-order valence-corrected chi connectivity index (χ1v) is 10.5. The fourth-order valence-electron chi connectivity index (χ4n) is 3.89. The van der Waals surface area contributed by atoms with E-state index in [1.165, 1.54) is 0 Å². The first kappa shape index (κ1) is 20.4. The van der Waals surface area contributed by atoms with Crippen LogP contribution in [0.2, 0.25) is 5.02 Å². The molecule has 1 fully saturated rings. The maximum absolute atomic E-state index is 12.1. The summed E-state index contributed by atoms with van der Waals surface area (Å²) >= 11 is 6.28. The molecule has 0 spiro atoms. The Hall–Kier alpha value is -2.86. The average Bonchev–Trinajstić information content (AvgIpc) is 2.78. The highest BCUT2D eigenvalue weighted by Gasteiger charge is 2.27. The van der Waals surface area contributed by atoms with Crippen LogP contribution in [-0.4, -0.2) is 42.7 Å². The minimum atomic E-state index is -0.0998. The number of rotatable bonds is 5. The fourth-order valence-corrected chi connectivity index (χ4v) is 4.06. The third kappa shape index (κ3) is 4.05. The molecule has 3 heterocycles. The number of halogens is 1. The van der Waals surface area contributed by atoms with Gasteiger partial charge in [0.05, 0.1) is 25.2 Å². The summed E-state index contributed by atoms with van der Waals surface area (Å²) in [5.41, 5.74) is 2.33. The van der Waals surface area contributed by atoms with Crippen LogP contribution >= 0.6 is 11.6 Å². The number of pyridine rings is 2. The number of benzene rings is 1. The van der Waals surface area contributed by atoms with Gasteiger partial charge in [0.25, 0.3) is 0 Å². The molecule has 6 nitrogen and oxygen atoms in total. The molecule has 30 heavy (non-hydrogen) atoms. The second-order valence-electron chi connectivity index (χ2n) is 7.26. The van der Waals surface area contributed by atoms with Crippen LogP contribution in [0.5, 0.6) is 5.75 Å². The highest BCUT2D eigenvalue weighted by molar-refractivity contribution is 6.31. The third-order valence-electron chi connectivity index (χ3n) is 5.43. The molecule has 1 saturated heterocycles. The second-order valence-corrected chi connectivity index (χ2v) is 7.70. The van der Waals surface area contributed by atoms with E-state index in [0.29, 0.717) is 17.4 Å². The van der Waals surface area contributed by atoms with Crippen molar-refractivity contribution in [3.8, 4) is 17.0 Å². The van der Waals surface area contributed by atoms with Gasteiger partial charge in [-0.2, -0.15) is 0 Å². The van der Waals surface area contributed by atoms with Gasteiger partial charge in [0.15, 0.2) is 0 Å². The number of hydrogen-bond acceptors (Lipinski definition) is 6. The fraction of sp³-hybridized carbons (Fsp3) is 0.348. The van der Waals surface area contributed by atoms with Crippen molar-refractivity contribution in [2.45, 2.75) is 19.8 Å². The first-order chi connectivity index (χ1) is 14.6.